The Morgan fingerprint density at radius 1 is 1.45 bits per heavy atom. The number of benzene rings is 1. The number of rotatable bonds is 5. The van der Waals surface area contributed by atoms with E-state index in [1.165, 1.54) is 5.69 Å². The van der Waals surface area contributed by atoms with Crippen molar-refractivity contribution >= 4 is 11.6 Å². The molecule has 2 atom stereocenters. The highest BCUT2D eigenvalue weighted by atomic mass is 16.5. The van der Waals surface area contributed by atoms with Gasteiger partial charge in [-0.1, -0.05) is 6.07 Å². The first-order chi connectivity index (χ1) is 10.8. The van der Waals surface area contributed by atoms with Gasteiger partial charge in [0.2, 0.25) is 5.91 Å². The van der Waals surface area contributed by atoms with Crippen LogP contribution in [0.5, 0.6) is 5.75 Å². The summed E-state index contributed by atoms with van der Waals surface area (Å²) in [5.74, 6) is 1.58. The fraction of sp³-hybridized carbons (Fsp3) is 0.588. The third-order valence-corrected chi connectivity index (χ3v) is 4.65. The molecule has 0 aromatic heterocycles. The van der Waals surface area contributed by atoms with E-state index in [1.54, 1.807) is 7.11 Å². The number of hydrogen-bond donors (Lipinski definition) is 2. The molecule has 2 heterocycles. The lowest BCUT2D eigenvalue weighted by Crippen LogP contribution is -2.42. The topological polar surface area (TPSA) is 53.6 Å². The van der Waals surface area contributed by atoms with Crippen LogP contribution in [0.25, 0.3) is 0 Å². The summed E-state index contributed by atoms with van der Waals surface area (Å²) in [6.45, 7) is 3.77. The number of ether oxygens (including phenoxy) is 1. The summed E-state index contributed by atoms with van der Waals surface area (Å²) in [6.07, 6.45) is 3.19. The van der Waals surface area contributed by atoms with Crippen molar-refractivity contribution in [3.8, 4) is 5.75 Å². The zero-order valence-corrected chi connectivity index (χ0v) is 13.2. The molecule has 1 aromatic carbocycles. The molecule has 1 amide bonds. The zero-order valence-electron chi connectivity index (χ0n) is 13.2. The van der Waals surface area contributed by atoms with Crippen molar-refractivity contribution in [2.75, 3.05) is 38.2 Å². The van der Waals surface area contributed by atoms with Gasteiger partial charge in [-0.15, -0.1) is 0 Å². The van der Waals surface area contributed by atoms with Crippen molar-refractivity contribution in [1.29, 1.82) is 0 Å². The van der Waals surface area contributed by atoms with E-state index >= 15 is 0 Å². The molecular weight excluding hydrogens is 278 g/mol. The third kappa shape index (κ3) is 3.53. The SMILES string of the molecule is COc1cccc(N2CCC(CNC(=O)[C@@H]3CCCN3)C2)c1. The molecule has 2 fully saturated rings. The number of hydrogen-bond acceptors (Lipinski definition) is 4. The molecule has 0 spiro atoms. The summed E-state index contributed by atoms with van der Waals surface area (Å²) in [4.78, 5) is 14.4. The summed E-state index contributed by atoms with van der Waals surface area (Å²) >= 11 is 0. The van der Waals surface area contributed by atoms with Gasteiger partial charge in [-0.05, 0) is 43.9 Å². The maximum atomic E-state index is 12.0. The molecule has 0 bridgehead atoms. The highest BCUT2D eigenvalue weighted by molar-refractivity contribution is 5.82. The highest BCUT2D eigenvalue weighted by Gasteiger charge is 2.26. The second kappa shape index (κ2) is 7.01. The number of carbonyl (C=O) groups excluding carboxylic acids is 1. The molecule has 2 aliphatic rings. The van der Waals surface area contributed by atoms with Gasteiger partial charge in [0.1, 0.15) is 5.75 Å². The quantitative estimate of drug-likeness (QED) is 0.863. The third-order valence-electron chi connectivity index (χ3n) is 4.65. The summed E-state index contributed by atoms with van der Waals surface area (Å²) in [5.41, 5.74) is 1.20. The maximum absolute atomic E-state index is 12.0. The summed E-state index contributed by atoms with van der Waals surface area (Å²) < 4.78 is 5.29. The lowest BCUT2D eigenvalue weighted by molar-refractivity contribution is -0.122. The Kier molecular flexibility index (Phi) is 4.83. The van der Waals surface area contributed by atoms with E-state index in [9.17, 15) is 4.79 Å². The van der Waals surface area contributed by atoms with Gasteiger partial charge in [0.15, 0.2) is 0 Å². The van der Waals surface area contributed by atoms with Crippen molar-refractivity contribution in [2.45, 2.75) is 25.3 Å². The second-order valence-corrected chi connectivity index (χ2v) is 6.20. The summed E-state index contributed by atoms with van der Waals surface area (Å²) in [5, 5.41) is 6.35. The Labute approximate surface area is 132 Å². The lowest BCUT2D eigenvalue weighted by Gasteiger charge is -2.20. The minimum absolute atomic E-state index is 0.0240. The number of nitrogens with one attached hydrogen (secondary N) is 2. The maximum Gasteiger partial charge on any atom is 0.237 e. The first-order valence-corrected chi connectivity index (χ1v) is 8.16. The molecule has 5 nitrogen and oxygen atoms in total. The first-order valence-electron chi connectivity index (χ1n) is 8.16. The normalized spacial score (nSPS) is 24.5. The fourth-order valence-electron chi connectivity index (χ4n) is 3.32. The molecule has 0 aliphatic carbocycles. The van der Waals surface area contributed by atoms with Crippen LogP contribution in [0.1, 0.15) is 19.3 Å². The molecule has 22 heavy (non-hydrogen) atoms. The largest absolute Gasteiger partial charge is 0.497 e. The molecule has 3 rings (SSSR count). The van der Waals surface area contributed by atoms with Crippen molar-refractivity contribution in [2.24, 2.45) is 5.92 Å². The van der Waals surface area contributed by atoms with E-state index < -0.39 is 0 Å². The lowest BCUT2D eigenvalue weighted by atomic mass is 10.1. The first kappa shape index (κ1) is 15.2. The van der Waals surface area contributed by atoms with E-state index in [2.05, 4.69) is 27.7 Å². The molecule has 5 heteroatoms. The van der Waals surface area contributed by atoms with Gasteiger partial charge in [0.25, 0.3) is 0 Å². The van der Waals surface area contributed by atoms with Crippen molar-refractivity contribution in [3.05, 3.63) is 24.3 Å². The van der Waals surface area contributed by atoms with Gasteiger partial charge in [-0.2, -0.15) is 0 Å². The minimum atomic E-state index is 0.0240. The van der Waals surface area contributed by atoms with Crippen LogP contribution in [0.2, 0.25) is 0 Å². The molecule has 2 saturated heterocycles. The molecule has 2 aliphatic heterocycles. The van der Waals surface area contributed by atoms with E-state index in [1.807, 2.05) is 12.1 Å². The van der Waals surface area contributed by atoms with Crippen molar-refractivity contribution in [3.63, 3.8) is 0 Å². The van der Waals surface area contributed by atoms with Crippen LogP contribution in [0.3, 0.4) is 0 Å². The van der Waals surface area contributed by atoms with E-state index in [0.29, 0.717) is 5.92 Å². The number of carbonyl (C=O) groups is 1. The van der Waals surface area contributed by atoms with Crippen molar-refractivity contribution < 1.29 is 9.53 Å². The number of nitrogens with zero attached hydrogens (tertiary/aromatic N) is 1. The van der Waals surface area contributed by atoms with Gasteiger partial charge in [0.05, 0.1) is 13.2 Å². The van der Waals surface area contributed by atoms with Crippen LogP contribution in [-0.2, 0) is 4.79 Å². The van der Waals surface area contributed by atoms with Crippen LogP contribution in [-0.4, -0.2) is 45.2 Å². The summed E-state index contributed by atoms with van der Waals surface area (Å²) in [7, 11) is 1.69. The van der Waals surface area contributed by atoms with Crippen molar-refractivity contribution in [1.82, 2.24) is 10.6 Å². The molecule has 0 radical (unpaired) electrons. The Hall–Kier alpha value is -1.75. The zero-order chi connectivity index (χ0) is 15.4. The number of amides is 1. The second-order valence-electron chi connectivity index (χ2n) is 6.20. The smallest absolute Gasteiger partial charge is 0.237 e. The van der Waals surface area contributed by atoms with Gasteiger partial charge in [-0.3, -0.25) is 4.79 Å². The minimum Gasteiger partial charge on any atom is -0.497 e. The van der Waals surface area contributed by atoms with Crippen LogP contribution in [0.15, 0.2) is 24.3 Å². The monoisotopic (exact) mass is 303 g/mol. The van der Waals surface area contributed by atoms with Crippen LogP contribution in [0, 0.1) is 5.92 Å². The number of methoxy groups -OCH3 is 1. The average molecular weight is 303 g/mol. The Bertz CT molecular complexity index is 514. The molecule has 1 unspecified atom stereocenters. The molecule has 2 N–H and O–H groups in total. The predicted molar refractivity (Wildman–Crippen MR) is 87.3 cm³/mol. The van der Waals surface area contributed by atoms with Gasteiger partial charge >= 0.3 is 0 Å². The van der Waals surface area contributed by atoms with E-state index in [0.717, 1.165) is 51.2 Å². The van der Waals surface area contributed by atoms with Gasteiger partial charge in [0, 0.05) is 31.4 Å². The molecule has 0 saturated carbocycles. The Balaban J connectivity index is 1.48. The number of anilines is 1. The van der Waals surface area contributed by atoms with Gasteiger partial charge in [-0.25, -0.2) is 0 Å². The predicted octanol–water partition coefficient (Wildman–Crippen LogP) is 1.39. The Morgan fingerprint density at radius 2 is 2.36 bits per heavy atom. The Morgan fingerprint density at radius 3 is 3.14 bits per heavy atom. The fourth-order valence-corrected chi connectivity index (χ4v) is 3.32. The molecular formula is C17H25N3O2. The van der Waals surface area contributed by atoms with E-state index in [4.69, 9.17) is 4.74 Å². The summed E-state index contributed by atoms with van der Waals surface area (Å²) in [6, 6.07) is 8.20. The van der Waals surface area contributed by atoms with Gasteiger partial charge < -0.3 is 20.3 Å². The van der Waals surface area contributed by atoms with E-state index in [-0.39, 0.29) is 11.9 Å². The average Bonchev–Trinajstić information content (AvgIpc) is 3.24. The standard InChI is InChI=1S/C17H25N3O2/c1-22-15-5-2-4-14(10-15)20-9-7-13(12-20)11-19-17(21)16-6-3-8-18-16/h2,4-5,10,13,16,18H,3,6-9,11-12H2,1H3,(H,19,21)/t13?,16-/m0/s1. The van der Waals surface area contributed by atoms with Crippen LogP contribution in [0.4, 0.5) is 5.69 Å². The van der Waals surface area contributed by atoms with Crippen LogP contribution >= 0.6 is 0 Å². The molecule has 120 valence electrons. The van der Waals surface area contributed by atoms with Crippen LogP contribution < -0.4 is 20.3 Å². The molecule has 1 aromatic rings. The highest BCUT2D eigenvalue weighted by Crippen LogP contribution is 2.26.